The number of ether oxygens (including phenoxy) is 1. The van der Waals surface area contributed by atoms with Crippen LogP contribution in [0, 0.1) is 0 Å². The van der Waals surface area contributed by atoms with E-state index in [1.165, 1.54) is 0 Å². The van der Waals surface area contributed by atoms with Crippen LogP contribution in [-0.4, -0.2) is 33.2 Å². The maximum Gasteiger partial charge on any atom is 0.408 e. The molecule has 0 fully saturated rings. The number of rotatable bonds is 7. The lowest BCUT2D eigenvalue weighted by Crippen LogP contribution is -2.42. The molecule has 0 aliphatic rings. The number of carbonyl (C=O) groups is 2. The van der Waals surface area contributed by atoms with E-state index in [-0.39, 0.29) is 13.0 Å². The van der Waals surface area contributed by atoms with E-state index < -0.39 is 18.1 Å². The maximum atomic E-state index is 12.2. The number of para-hydroxylation sites is 2. The maximum absolute atomic E-state index is 12.2. The summed E-state index contributed by atoms with van der Waals surface area (Å²) >= 11 is 0. The molecule has 1 aromatic heterocycles. The van der Waals surface area contributed by atoms with Gasteiger partial charge in [-0.15, -0.1) is 0 Å². The van der Waals surface area contributed by atoms with Crippen LogP contribution in [0.4, 0.5) is 4.79 Å². The summed E-state index contributed by atoms with van der Waals surface area (Å²) < 4.78 is 5.21. The zero-order valence-electron chi connectivity index (χ0n) is 16.6. The lowest BCUT2D eigenvalue weighted by atomic mass is 10.0. The molecule has 0 aliphatic carbocycles. The minimum Gasteiger partial charge on any atom is -0.480 e. The van der Waals surface area contributed by atoms with E-state index in [2.05, 4.69) is 15.3 Å². The number of amides is 1. The highest BCUT2D eigenvalue weighted by molar-refractivity contribution is 5.80. The van der Waals surface area contributed by atoms with Crippen molar-refractivity contribution in [2.75, 3.05) is 0 Å². The fourth-order valence-corrected chi connectivity index (χ4v) is 3.25. The molecule has 0 bridgehead atoms. The molecule has 7 heteroatoms. The first-order chi connectivity index (χ1) is 15.1. The number of carboxylic acid groups (broad SMARTS) is 1. The first kappa shape index (κ1) is 20.2. The van der Waals surface area contributed by atoms with Crippen molar-refractivity contribution in [2.45, 2.75) is 19.1 Å². The van der Waals surface area contributed by atoms with E-state index >= 15 is 0 Å². The van der Waals surface area contributed by atoms with Crippen LogP contribution in [0.15, 0.2) is 78.9 Å². The number of alkyl carbamates (subject to hydrolysis) is 1. The van der Waals surface area contributed by atoms with Gasteiger partial charge in [0, 0.05) is 6.42 Å². The molecule has 1 amide bonds. The minimum atomic E-state index is -1.16. The number of carboxylic acids is 1. The molecule has 4 rings (SSSR count). The first-order valence-electron chi connectivity index (χ1n) is 9.82. The van der Waals surface area contributed by atoms with Gasteiger partial charge in [-0.2, -0.15) is 0 Å². The van der Waals surface area contributed by atoms with Gasteiger partial charge in [-0.1, -0.05) is 66.7 Å². The highest BCUT2D eigenvalue weighted by Crippen LogP contribution is 2.19. The number of nitrogens with zero attached hydrogens (tertiary/aromatic N) is 1. The number of aromatic amines is 1. The molecule has 7 nitrogen and oxygen atoms in total. The quantitative estimate of drug-likeness (QED) is 0.421. The van der Waals surface area contributed by atoms with Crippen LogP contribution in [-0.2, 0) is 22.6 Å². The third-order valence-electron chi connectivity index (χ3n) is 4.86. The molecular weight excluding hydrogens is 394 g/mol. The van der Waals surface area contributed by atoms with Gasteiger partial charge in [0.05, 0.1) is 11.0 Å². The third kappa shape index (κ3) is 5.08. The molecule has 0 saturated carbocycles. The number of benzene rings is 3. The van der Waals surface area contributed by atoms with Gasteiger partial charge >= 0.3 is 12.1 Å². The van der Waals surface area contributed by atoms with Gasteiger partial charge in [0.1, 0.15) is 18.5 Å². The monoisotopic (exact) mass is 415 g/mol. The molecule has 1 heterocycles. The minimum absolute atomic E-state index is 0.0187. The number of nitrogens with one attached hydrogen (secondary N) is 2. The number of aromatic nitrogens is 2. The number of fused-ring (bicyclic) bond motifs is 1. The standard InChI is InChI=1S/C24H21N3O4/c28-23(29)21(14-22-25-19-8-4-5-9-20(19)26-22)27-24(30)31-15-16-10-12-18(13-11-16)17-6-2-1-3-7-17/h1-13,21H,14-15H2,(H,25,26)(H,27,30)(H,28,29). The largest absolute Gasteiger partial charge is 0.480 e. The third-order valence-corrected chi connectivity index (χ3v) is 4.86. The predicted molar refractivity (Wildman–Crippen MR) is 116 cm³/mol. The van der Waals surface area contributed by atoms with Crippen LogP contribution in [0.5, 0.6) is 0 Å². The van der Waals surface area contributed by atoms with Crippen LogP contribution < -0.4 is 5.32 Å². The topological polar surface area (TPSA) is 104 Å². The average molecular weight is 415 g/mol. The Bertz CT molecular complexity index is 1150. The number of hydrogen-bond acceptors (Lipinski definition) is 4. The van der Waals surface area contributed by atoms with Gasteiger partial charge in [0.15, 0.2) is 0 Å². The van der Waals surface area contributed by atoms with Crippen LogP contribution in [0.1, 0.15) is 11.4 Å². The summed E-state index contributed by atoms with van der Waals surface area (Å²) in [6, 6.07) is 23.8. The van der Waals surface area contributed by atoms with Crippen molar-refractivity contribution < 1.29 is 19.4 Å². The summed E-state index contributed by atoms with van der Waals surface area (Å²) in [4.78, 5) is 31.2. The lowest BCUT2D eigenvalue weighted by molar-refractivity contribution is -0.139. The summed E-state index contributed by atoms with van der Waals surface area (Å²) in [6.45, 7) is 0.0396. The average Bonchev–Trinajstić information content (AvgIpc) is 3.20. The second-order valence-corrected chi connectivity index (χ2v) is 7.08. The second kappa shape index (κ2) is 9.13. The summed E-state index contributed by atoms with van der Waals surface area (Å²) in [6.07, 6.45) is -0.777. The SMILES string of the molecule is O=C(NC(Cc1nc2ccccc2[nH]1)C(=O)O)OCc1ccc(-c2ccccc2)cc1. The van der Waals surface area contributed by atoms with Crippen molar-refractivity contribution in [2.24, 2.45) is 0 Å². The van der Waals surface area contributed by atoms with Crippen molar-refractivity contribution in [3.05, 3.63) is 90.3 Å². The van der Waals surface area contributed by atoms with E-state index in [0.29, 0.717) is 5.82 Å². The molecule has 0 saturated heterocycles. The molecule has 3 aromatic carbocycles. The molecular formula is C24H21N3O4. The summed E-state index contributed by atoms with van der Waals surface area (Å²) in [5.74, 6) is -0.685. The van der Waals surface area contributed by atoms with Crippen LogP contribution in [0.3, 0.4) is 0 Å². The molecule has 1 atom stereocenters. The highest BCUT2D eigenvalue weighted by Gasteiger charge is 2.22. The van der Waals surface area contributed by atoms with E-state index in [1.54, 1.807) is 0 Å². The van der Waals surface area contributed by atoms with Gasteiger partial charge in [-0.25, -0.2) is 14.6 Å². The molecule has 0 aliphatic heterocycles. The number of imidazole rings is 1. The molecule has 156 valence electrons. The Morgan fingerprint density at radius 1 is 0.935 bits per heavy atom. The lowest BCUT2D eigenvalue weighted by Gasteiger charge is -2.13. The normalized spacial score (nSPS) is 11.7. The molecule has 31 heavy (non-hydrogen) atoms. The zero-order valence-corrected chi connectivity index (χ0v) is 16.6. The van der Waals surface area contributed by atoms with Crippen LogP contribution in [0.25, 0.3) is 22.2 Å². The number of carbonyl (C=O) groups excluding carboxylic acids is 1. The van der Waals surface area contributed by atoms with Crippen LogP contribution in [0.2, 0.25) is 0 Å². The molecule has 4 aromatic rings. The Balaban J connectivity index is 1.33. The zero-order chi connectivity index (χ0) is 21.6. The fraction of sp³-hybridized carbons (Fsp3) is 0.125. The highest BCUT2D eigenvalue weighted by atomic mass is 16.5. The Morgan fingerprint density at radius 3 is 2.32 bits per heavy atom. The molecule has 0 spiro atoms. The Kier molecular flexibility index (Phi) is 5.93. The van der Waals surface area contributed by atoms with Crippen molar-refractivity contribution in [1.82, 2.24) is 15.3 Å². The van der Waals surface area contributed by atoms with E-state index in [0.717, 1.165) is 27.7 Å². The van der Waals surface area contributed by atoms with Crippen LogP contribution >= 0.6 is 0 Å². The van der Waals surface area contributed by atoms with Gasteiger partial charge in [-0.05, 0) is 28.8 Å². The van der Waals surface area contributed by atoms with Gasteiger partial charge in [0.25, 0.3) is 0 Å². The van der Waals surface area contributed by atoms with Crippen molar-refractivity contribution in [1.29, 1.82) is 0 Å². The van der Waals surface area contributed by atoms with Gasteiger partial charge in [-0.3, -0.25) is 0 Å². The van der Waals surface area contributed by atoms with Crippen molar-refractivity contribution in [3.8, 4) is 11.1 Å². The Morgan fingerprint density at radius 2 is 1.61 bits per heavy atom. The number of aliphatic carboxylic acids is 1. The molecule has 1 unspecified atom stereocenters. The first-order valence-corrected chi connectivity index (χ1v) is 9.82. The smallest absolute Gasteiger partial charge is 0.408 e. The Labute approximate surface area is 178 Å². The Hall–Kier alpha value is -4.13. The second-order valence-electron chi connectivity index (χ2n) is 7.08. The summed E-state index contributed by atoms with van der Waals surface area (Å²) in [7, 11) is 0. The van der Waals surface area contributed by atoms with Gasteiger partial charge < -0.3 is 20.1 Å². The van der Waals surface area contributed by atoms with E-state index in [4.69, 9.17) is 4.74 Å². The summed E-state index contributed by atoms with van der Waals surface area (Å²) in [5.41, 5.74) is 4.51. The predicted octanol–water partition coefficient (Wildman–Crippen LogP) is 4.15. The molecule has 0 radical (unpaired) electrons. The number of H-pyrrole nitrogens is 1. The fourth-order valence-electron chi connectivity index (χ4n) is 3.25. The summed E-state index contributed by atoms with van der Waals surface area (Å²) in [5, 5.41) is 11.9. The number of hydrogen-bond donors (Lipinski definition) is 3. The van der Waals surface area contributed by atoms with E-state index in [9.17, 15) is 14.7 Å². The van der Waals surface area contributed by atoms with Gasteiger partial charge in [0.2, 0.25) is 0 Å². The van der Waals surface area contributed by atoms with E-state index in [1.807, 2.05) is 78.9 Å². The van der Waals surface area contributed by atoms with Crippen molar-refractivity contribution >= 4 is 23.1 Å². The van der Waals surface area contributed by atoms with Crippen molar-refractivity contribution in [3.63, 3.8) is 0 Å². The molecule has 3 N–H and O–H groups in total.